The van der Waals surface area contributed by atoms with E-state index < -0.39 is 0 Å². The van der Waals surface area contributed by atoms with E-state index in [4.69, 9.17) is 4.74 Å². The summed E-state index contributed by atoms with van der Waals surface area (Å²) >= 11 is 1.62. The largest absolute Gasteiger partial charge is 0.494 e. The molecule has 6 heteroatoms. The van der Waals surface area contributed by atoms with Crippen LogP contribution in [-0.2, 0) is 11.2 Å². The Morgan fingerprint density at radius 1 is 1.04 bits per heavy atom. The monoisotopic (exact) mass is 374 g/mol. The van der Waals surface area contributed by atoms with Gasteiger partial charge in [-0.05, 0) is 48.6 Å². The van der Waals surface area contributed by atoms with Crippen molar-refractivity contribution in [3.63, 3.8) is 0 Å². The highest BCUT2D eigenvalue weighted by molar-refractivity contribution is 7.09. The standard InChI is InChI=1S/C20H26N2O3S/c1-2-3-4-5-14-25-17-10-8-16(9-11-17)20(24)22-21-19(23)13-12-18-7-6-15-26-18/h6-11,15H,2-5,12-14H2,1H3,(H,21,23)(H,22,24). The van der Waals surface area contributed by atoms with Crippen LogP contribution >= 0.6 is 11.3 Å². The Hall–Kier alpha value is -2.34. The molecule has 0 saturated heterocycles. The van der Waals surface area contributed by atoms with E-state index in [1.54, 1.807) is 35.6 Å². The fourth-order valence-corrected chi connectivity index (χ4v) is 3.08. The first-order chi connectivity index (χ1) is 12.7. The number of benzene rings is 1. The molecule has 0 unspecified atom stereocenters. The quantitative estimate of drug-likeness (QED) is 0.486. The van der Waals surface area contributed by atoms with E-state index >= 15 is 0 Å². The number of ether oxygens (including phenoxy) is 1. The van der Waals surface area contributed by atoms with Crippen molar-refractivity contribution in [3.8, 4) is 5.75 Å². The third-order valence-corrected chi connectivity index (χ3v) is 4.81. The molecular weight excluding hydrogens is 348 g/mol. The number of hydrogen-bond donors (Lipinski definition) is 2. The second kappa shape index (κ2) is 11.3. The van der Waals surface area contributed by atoms with Crippen molar-refractivity contribution in [2.75, 3.05) is 6.61 Å². The van der Waals surface area contributed by atoms with Crippen LogP contribution in [0.5, 0.6) is 5.75 Å². The van der Waals surface area contributed by atoms with Gasteiger partial charge in [-0.2, -0.15) is 0 Å². The zero-order chi connectivity index (χ0) is 18.6. The molecule has 2 rings (SSSR count). The molecule has 0 fully saturated rings. The molecule has 0 aliphatic carbocycles. The Balaban J connectivity index is 1.67. The van der Waals surface area contributed by atoms with Gasteiger partial charge < -0.3 is 4.74 Å². The Kier molecular flexibility index (Phi) is 8.69. The van der Waals surface area contributed by atoms with E-state index in [1.165, 1.54) is 19.3 Å². The molecule has 0 spiro atoms. The summed E-state index contributed by atoms with van der Waals surface area (Å²) in [5.74, 6) is 0.195. The fraction of sp³-hybridized carbons (Fsp3) is 0.400. The van der Waals surface area contributed by atoms with Crippen molar-refractivity contribution in [1.29, 1.82) is 0 Å². The van der Waals surface area contributed by atoms with Gasteiger partial charge in [0.2, 0.25) is 5.91 Å². The van der Waals surface area contributed by atoms with Gasteiger partial charge in [-0.25, -0.2) is 0 Å². The lowest BCUT2D eigenvalue weighted by Crippen LogP contribution is -2.41. The predicted octanol–water partition coefficient (Wildman–Crippen LogP) is 4.10. The van der Waals surface area contributed by atoms with Crippen LogP contribution < -0.4 is 15.6 Å². The number of thiophene rings is 1. The number of carbonyl (C=O) groups is 2. The summed E-state index contributed by atoms with van der Waals surface area (Å²) in [6.45, 7) is 2.86. The molecule has 5 nitrogen and oxygen atoms in total. The van der Waals surface area contributed by atoms with Gasteiger partial charge in [-0.1, -0.05) is 32.3 Å². The maximum atomic E-state index is 12.1. The lowest BCUT2D eigenvalue weighted by Gasteiger charge is -2.09. The maximum absolute atomic E-state index is 12.1. The fourth-order valence-electron chi connectivity index (χ4n) is 2.37. The van der Waals surface area contributed by atoms with Gasteiger partial charge in [0.25, 0.3) is 5.91 Å². The summed E-state index contributed by atoms with van der Waals surface area (Å²) in [5, 5.41) is 1.98. The van der Waals surface area contributed by atoms with Crippen molar-refractivity contribution in [3.05, 3.63) is 52.2 Å². The summed E-state index contributed by atoms with van der Waals surface area (Å²) in [5.41, 5.74) is 5.36. The third kappa shape index (κ3) is 7.27. The normalized spacial score (nSPS) is 10.3. The minimum absolute atomic E-state index is 0.209. The van der Waals surface area contributed by atoms with Gasteiger partial charge in [0.15, 0.2) is 0 Å². The minimum Gasteiger partial charge on any atom is -0.494 e. The molecule has 0 aliphatic heterocycles. The summed E-state index contributed by atoms with van der Waals surface area (Å²) in [6, 6.07) is 10.9. The van der Waals surface area contributed by atoms with E-state index in [1.807, 2.05) is 17.5 Å². The molecule has 2 amide bonds. The van der Waals surface area contributed by atoms with Crippen molar-refractivity contribution < 1.29 is 14.3 Å². The van der Waals surface area contributed by atoms with E-state index in [2.05, 4.69) is 17.8 Å². The average Bonchev–Trinajstić information content (AvgIpc) is 3.18. The first kappa shape index (κ1) is 20.0. The van der Waals surface area contributed by atoms with Gasteiger partial charge in [0.1, 0.15) is 5.75 Å². The third-order valence-electron chi connectivity index (χ3n) is 3.88. The van der Waals surface area contributed by atoms with Crippen LogP contribution in [0.15, 0.2) is 41.8 Å². The predicted molar refractivity (Wildman–Crippen MR) is 104 cm³/mol. The molecule has 26 heavy (non-hydrogen) atoms. The number of unbranched alkanes of at least 4 members (excludes halogenated alkanes) is 3. The number of aryl methyl sites for hydroxylation is 1. The van der Waals surface area contributed by atoms with Gasteiger partial charge in [-0.3, -0.25) is 20.4 Å². The van der Waals surface area contributed by atoms with Gasteiger partial charge in [-0.15, -0.1) is 11.3 Å². The highest BCUT2D eigenvalue weighted by Gasteiger charge is 2.08. The topological polar surface area (TPSA) is 67.4 Å². The van der Waals surface area contributed by atoms with Crippen LogP contribution in [-0.4, -0.2) is 18.4 Å². The van der Waals surface area contributed by atoms with Crippen molar-refractivity contribution in [1.82, 2.24) is 10.9 Å². The highest BCUT2D eigenvalue weighted by atomic mass is 32.1. The van der Waals surface area contributed by atoms with Crippen LogP contribution in [0.4, 0.5) is 0 Å². The summed E-state index contributed by atoms with van der Waals surface area (Å²) in [6.07, 6.45) is 5.64. The maximum Gasteiger partial charge on any atom is 0.269 e. The Labute approximate surface area is 158 Å². The molecule has 1 aromatic heterocycles. The molecule has 0 bridgehead atoms. The molecule has 0 aliphatic rings. The Bertz CT molecular complexity index is 669. The van der Waals surface area contributed by atoms with Crippen LogP contribution in [0.3, 0.4) is 0 Å². The molecule has 140 valence electrons. The van der Waals surface area contributed by atoms with E-state index in [0.29, 0.717) is 25.0 Å². The first-order valence-corrected chi connectivity index (χ1v) is 9.91. The SMILES string of the molecule is CCCCCCOc1ccc(C(=O)NNC(=O)CCc2cccs2)cc1. The Morgan fingerprint density at radius 3 is 2.54 bits per heavy atom. The smallest absolute Gasteiger partial charge is 0.269 e. The number of hydrazine groups is 1. The lowest BCUT2D eigenvalue weighted by atomic mass is 10.2. The molecule has 2 N–H and O–H groups in total. The highest BCUT2D eigenvalue weighted by Crippen LogP contribution is 2.13. The molecule has 0 atom stereocenters. The van der Waals surface area contributed by atoms with Crippen LogP contribution in [0.2, 0.25) is 0 Å². The van der Waals surface area contributed by atoms with Gasteiger partial charge >= 0.3 is 0 Å². The number of rotatable bonds is 10. The molecule has 2 aromatic rings. The van der Waals surface area contributed by atoms with Gasteiger partial charge in [0, 0.05) is 16.9 Å². The summed E-state index contributed by atoms with van der Waals surface area (Å²) in [4.78, 5) is 25.0. The van der Waals surface area contributed by atoms with E-state index in [-0.39, 0.29) is 11.8 Å². The minimum atomic E-state index is -0.344. The van der Waals surface area contributed by atoms with E-state index in [0.717, 1.165) is 17.0 Å². The number of carbonyl (C=O) groups excluding carboxylic acids is 2. The molecular formula is C20H26N2O3S. The lowest BCUT2D eigenvalue weighted by molar-refractivity contribution is -0.121. The van der Waals surface area contributed by atoms with E-state index in [9.17, 15) is 9.59 Å². The number of amides is 2. The van der Waals surface area contributed by atoms with Crippen LogP contribution in [0.1, 0.15) is 54.3 Å². The summed E-state index contributed by atoms with van der Waals surface area (Å²) < 4.78 is 5.65. The zero-order valence-electron chi connectivity index (χ0n) is 15.1. The van der Waals surface area contributed by atoms with Gasteiger partial charge in [0.05, 0.1) is 6.61 Å². The molecule has 0 radical (unpaired) electrons. The number of hydrogen-bond acceptors (Lipinski definition) is 4. The average molecular weight is 375 g/mol. The number of nitrogens with one attached hydrogen (secondary N) is 2. The second-order valence-corrected chi connectivity index (χ2v) is 7.05. The molecule has 1 aromatic carbocycles. The van der Waals surface area contributed by atoms with Crippen molar-refractivity contribution in [2.24, 2.45) is 0 Å². The van der Waals surface area contributed by atoms with Crippen molar-refractivity contribution >= 4 is 23.2 Å². The Morgan fingerprint density at radius 2 is 1.85 bits per heavy atom. The van der Waals surface area contributed by atoms with Crippen LogP contribution in [0.25, 0.3) is 0 Å². The second-order valence-electron chi connectivity index (χ2n) is 6.02. The molecule has 1 heterocycles. The molecule has 0 saturated carbocycles. The first-order valence-electron chi connectivity index (χ1n) is 9.03. The van der Waals surface area contributed by atoms with Crippen molar-refractivity contribution in [2.45, 2.75) is 45.4 Å². The summed E-state index contributed by atoms with van der Waals surface area (Å²) in [7, 11) is 0. The zero-order valence-corrected chi connectivity index (χ0v) is 15.9. The van der Waals surface area contributed by atoms with Crippen LogP contribution in [0, 0.1) is 0 Å².